The maximum atomic E-state index is 13.1. The first kappa shape index (κ1) is 17.2. The van der Waals surface area contributed by atoms with Gasteiger partial charge in [-0.3, -0.25) is 14.7 Å². The fraction of sp³-hybridized carbons (Fsp3) is 0.500. The Morgan fingerprint density at radius 1 is 1.31 bits per heavy atom. The second-order valence-electron chi connectivity index (χ2n) is 7.35. The van der Waals surface area contributed by atoms with Gasteiger partial charge in [-0.15, -0.1) is 0 Å². The van der Waals surface area contributed by atoms with Crippen LogP contribution >= 0.6 is 0 Å². The van der Waals surface area contributed by atoms with Crippen LogP contribution in [0.5, 0.6) is 0 Å². The second-order valence-corrected chi connectivity index (χ2v) is 7.35. The van der Waals surface area contributed by atoms with Gasteiger partial charge in [0.1, 0.15) is 5.69 Å². The Morgan fingerprint density at radius 3 is 2.88 bits per heavy atom. The molecule has 2 aliphatic heterocycles. The van der Waals surface area contributed by atoms with E-state index in [1.807, 2.05) is 42.2 Å². The standard InChI is InChI=1S/C20H26N4O2/c1-22-9-4-6-17(22)20(25)24-10-7-19(26-2)16-13-23(14-18(16)24)12-15-5-3-8-21-11-15/h3-6,8-9,11,16,18-19H,7,10,12-14H2,1-2H3/t16-,18+,19+/m0/s1. The lowest BCUT2D eigenvalue weighted by atomic mass is 9.88. The summed E-state index contributed by atoms with van der Waals surface area (Å²) >= 11 is 0. The van der Waals surface area contributed by atoms with Crippen molar-refractivity contribution in [2.24, 2.45) is 13.0 Å². The normalized spacial score (nSPS) is 26.1. The molecule has 6 nitrogen and oxygen atoms in total. The van der Waals surface area contributed by atoms with E-state index in [2.05, 4.69) is 20.9 Å². The average Bonchev–Trinajstić information content (AvgIpc) is 3.27. The molecule has 4 heterocycles. The molecule has 0 bridgehead atoms. The number of pyridine rings is 1. The molecule has 0 aliphatic carbocycles. The molecule has 1 amide bonds. The molecule has 2 saturated heterocycles. The molecule has 0 radical (unpaired) electrons. The molecule has 2 aromatic heterocycles. The number of carbonyl (C=O) groups is 1. The molecular weight excluding hydrogens is 328 g/mol. The van der Waals surface area contributed by atoms with Crippen molar-refractivity contribution >= 4 is 5.91 Å². The third kappa shape index (κ3) is 3.15. The molecule has 0 aromatic carbocycles. The van der Waals surface area contributed by atoms with Crippen molar-refractivity contribution in [1.29, 1.82) is 0 Å². The molecule has 26 heavy (non-hydrogen) atoms. The molecule has 138 valence electrons. The van der Waals surface area contributed by atoms with E-state index < -0.39 is 0 Å². The number of likely N-dealkylation sites (tertiary alicyclic amines) is 2. The minimum atomic E-state index is 0.130. The van der Waals surface area contributed by atoms with Crippen molar-refractivity contribution in [3.05, 3.63) is 54.1 Å². The van der Waals surface area contributed by atoms with Gasteiger partial charge < -0.3 is 14.2 Å². The molecule has 4 rings (SSSR count). The second kappa shape index (κ2) is 7.21. The van der Waals surface area contributed by atoms with Crippen LogP contribution in [-0.2, 0) is 18.3 Å². The van der Waals surface area contributed by atoms with Gasteiger partial charge in [0, 0.05) is 64.8 Å². The number of ether oxygens (including phenoxy) is 1. The number of aryl methyl sites for hydroxylation is 1. The first-order valence-corrected chi connectivity index (χ1v) is 9.23. The van der Waals surface area contributed by atoms with E-state index in [4.69, 9.17) is 4.74 Å². The van der Waals surface area contributed by atoms with Crippen LogP contribution in [0.4, 0.5) is 0 Å². The predicted octanol–water partition coefficient (Wildman–Crippen LogP) is 1.78. The van der Waals surface area contributed by atoms with Crippen molar-refractivity contribution in [2.45, 2.75) is 25.1 Å². The van der Waals surface area contributed by atoms with E-state index in [9.17, 15) is 4.79 Å². The summed E-state index contributed by atoms with van der Waals surface area (Å²) in [6, 6.07) is 8.11. The van der Waals surface area contributed by atoms with Crippen molar-refractivity contribution in [2.75, 3.05) is 26.7 Å². The first-order chi connectivity index (χ1) is 12.7. The lowest BCUT2D eigenvalue weighted by Crippen LogP contribution is -2.53. The molecule has 2 aliphatic rings. The van der Waals surface area contributed by atoms with E-state index in [1.54, 1.807) is 13.3 Å². The molecule has 2 fully saturated rings. The lowest BCUT2D eigenvalue weighted by Gasteiger charge is -2.41. The Bertz CT molecular complexity index is 760. The van der Waals surface area contributed by atoms with Gasteiger partial charge in [0.15, 0.2) is 0 Å². The maximum absolute atomic E-state index is 13.1. The highest BCUT2D eigenvalue weighted by molar-refractivity contribution is 5.93. The van der Waals surface area contributed by atoms with Crippen LogP contribution in [0.2, 0.25) is 0 Å². The topological polar surface area (TPSA) is 50.6 Å². The highest BCUT2D eigenvalue weighted by Gasteiger charge is 2.46. The van der Waals surface area contributed by atoms with Crippen molar-refractivity contribution in [3.63, 3.8) is 0 Å². The van der Waals surface area contributed by atoms with Crippen molar-refractivity contribution in [3.8, 4) is 0 Å². The number of carbonyl (C=O) groups excluding carboxylic acids is 1. The van der Waals surface area contributed by atoms with Crippen LogP contribution in [0.15, 0.2) is 42.9 Å². The van der Waals surface area contributed by atoms with Gasteiger partial charge in [-0.2, -0.15) is 0 Å². The van der Waals surface area contributed by atoms with Gasteiger partial charge in [-0.1, -0.05) is 6.07 Å². The minimum absolute atomic E-state index is 0.130. The number of methoxy groups -OCH3 is 1. The fourth-order valence-electron chi connectivity index (χ4n) is 4.49. The fourth-order valence-corrected chi connectivity index (χ4v) is 4.49. The summed E-state index contributed by atoms with van der Waals surface area (Å²) < 4.78 is 7.67. The van der Waals surface area contributed by atoms with E-state index in [0.29, 0.717) is 5.92 Å². The van der Waals surface area contributed by atoms with Gasteiger partial charge in [0.25, 0.3) is 5.91 Å². The smallest absolute Gasteiger partial charge is 0.270 e. The summed E-state index contributed by atoms with van der Waals surface area (Å²) in [6.07, 6.45) is 6.76. The zero-order valence-corrected chi connectivity index (χ0v) is 15.4. The largest absolute Gasteiger partial charge is 0.381 e. The predicted molar refractivity (Wildman–Crippen MR) is 98.7 cm³/mol. The number of aromatic nitrogens is 2. The maximum Gasteiger partial charge on any atom is 0.270 e. The first-order valence-electron chi connectivity index (χ1n) is 9.23. The van der Waals surface area contributed by atoms with Crippen molar-refractivity contribution < 1.29 is 9.53 Å². The van der Waals surface area contributed by atoms with Crippen molar-refractivity contribution in [1.82, 2.24) is 19.4 Å². The Hall–Kier alpha value is -2.18. The Morgan fingerprint density at radius 2 is 2.19 bits per heavy atom. The Labute approximate surface area is 154 Å². The van der Waals surface area contributed by atoms with Gasteiger partial charge in [0.2, 0.25) is 0 Å². The van der Waals surface area contributed by atoms with Crippen LogP contribution in [-0.4, -0.2) is 64.1 Å². The monoisotopic (exact) mass is 354 g/mol. The number of piperidine rings is 1. The van der Waals surface area contributed by atoms with Crippen LogP contribution in [0.25, 0.3) is 0 Å². The number of amides is 1. The molecule has 3 atom stereocenters. The van der Waals surface area contributed by atoms with E-state index in [0.717, 1.165) is 38.3 Å². The SMILES string of the molecule is CO[C@@H]1CCN(C(=O)c2cccn2C)[C@@H]2CN(Cc3cccnc3)C[C@@H]21. The zero-order valence-electron chi connectivity index (χ0n) is 15.4. The summed E-state index contributed by atoms with van der Waals surface area (Å²) in [4.78, 5) is 21.8. The van der Waals surface area contributed by atoms with Crippen LogP contribution < -0.4 is 0 Å². The van der Waals surface area contributed by atoms with E-state index in [1.165, 1.54) is 5.56 Å². The number of hydrogen-bond acceptors (Lipinski definition) is 4. The molecule has 0 unspecified atom stereocenters. The van der Waals surface area contributed by atoms with E-state index >= 15 is 0 Å². The summed E-state index contributed by atoms with van der Waals surface area (Å²) in [5, 5.41) is 0. The summed E-state index contributed by atoms with van der Waals surface area (Å²) in [5.41, 5.74) is 1.96. The van der Waals surface area contributed by atoms with Gasteiger partial charge in [0.05, 0.1) is 12.1 Å². The molecule has 0 spiro atoms. The highest BCUT2D eigenvalue weighted by atomic mass is 16.5. The van der Waals surface area contributed by atoms with E-state index in [-0.39, 0.29) is 18.1 Å². The number of fused-ring (bicyclic) bond motifs is 1. The van der Waals surface area contributed by atoms with Crippen LogP contribution in [0.3, 0.4) is 0 Å². The van der Waals surface area contributed by atoms with Crippen LogP contribution in [0.1, 0.15) is 22.5 Å². The summed E-state index contributed by atoms with van der Waals surface area (Å²) in [6.45, 7) is 3.46. The number of hydrogen-bond donors (Lipinski definition) is 0. The molecule has 0 N–H and O–H groups in total. The van der Waals surface area contributed by atoms with Gasteiger partial charge in [-0.25, -0.2) is 0 Å². The third-order valence-corrected chi connectivity index (χ3v) is 5.80. The highest BCUT2D eigenvalue weighted by Crippen LogP contribution is 2.34. The number of rotatable bonds is 4. The molecule has 6 heteroatoms. The molecular formula is C20H26N4O2. The molecule has 2 aromatic rings. The Balaban J connectivity index is 1.54. The molecule has 0 saturated carbocycles. The van der Waals surface area contributed by atoms with Gasteiger partial charge >= 0.3 is 0 Å². The quantitative estimate of drug-likeness (QED) is 0.840. The van der Waals surface area contributed by atoms with Gasteiger partial charge in [-0.05, 0) is 30.2 Å². The third-order valence-electron chi connectivity index (χ3n) is 5.80. The average molecular weight is 354 g/mol. The summed E-state index contributed by atoms with van der Waals surface area (Å²) in [5.74, 6) is 0.486. The summed E-state index contributed by atoms with van der Waals surface area (Å²) in [7, 11) is 3.72. The lowest BCUT2D eigenvalue weighted by molar-refractivity contribution is -0.0159. The zero-order chi connectivity index (χ0) is 18.1. The number of nitrogens with zero attached hydrogens (tertiary/aromatic N) is 4. The van der Waals surface area contributed by atoms with Crippen LogP contribution in [0, 0.1) is 5.92 Å². The minimum Gasteiger partial charge on any atom is -0.381 e. The Kier molecular flexibility index (Phi) is 4.78.